The minimum atomic E-state index is 0.653. The molecule has 0 bridgehead atoms. The molecule has 0 aliphatic rings. The number of rotatable bonds is 5. The molecule has 5 heteroatoms. The van der Waals surface area contributed by atoms with E-state index in [0.29, 0.717) is 24.7 Å². The van der Waals surface area contributed by atoms with Crippen LogP contribution in [0.15, 0.2) is 36.8 Å². The highest BCUT2D eigenvalue weighted by Gasteiger charge is 2.11. The molecule has 2 heterocycles. The summed E-state index contributed by atoms with van der Waals surface area (Å²) < 4.78 is 0. The Morgan fingerprint density at radius 1 is 1.22 bits per heavy atom. The van der Waals surface area contributed by atoms with Crippen molar-refractivity contribution in [2.24, 2.45) is 0 Å². The Morgan fingerprint density at radius 2 is 1.89 bits per heavy atom. The number of H-pyrrole nitrogens is 1. The number of nitrogens with one attached hydrogen (secondary N) is 1. The number of aromatic amines is 1. The van der Waals surface area contributed by atoms with E-state index in [0.717, 1.165) is 16.7 Å². The van der Waals surface area contributed by atoms with E-state index in [1.165, 1.54) is 0 Å². The molecule has 2 rings (SSSR count). The van der Waals surface area contributed by atoms with Crippen molar-refractivity contribution in [1.29, 1.82) is 0 Å². The van der Waals surface area contributed by atoms with E-state index in [4.69, 9.17) is 0 Å². The molecule has 5 nitrogen and oxygen atoms in total. The molecule has 0 saturated carbocycles. The molecule has 0 aromatic carbocycles. The van der Waals surface area contributed by atoms with E-state index >= 15 is 0 Å². The topological polar surface area (TPSA) is 57.7 Å². The summed E-state index contributed by atoms with van der Waals surface area (Å²) in [6.07, 6.45) is 3.36. The van der Waals surface area contributed by atoms with Crippen molar-refractivity contribution >= 4 is 17.1 Å². The lowest BCUT2D eigenvalue weighted by Crippen LogP contribution is -2.28. The second-order valence-electron chi connectivity index (χ2n) is 4.58. The summed E-state index contributed by atoms with van der Waals surface area (Å²) in [5.41, 5.74) is 3.63. The van der Waals surface area contributed by atoms with Gasteiger partial charge >= 0.3 is 0 Å². The van der Waals surface area contributed by atoms with E-state index in [2.05, 4.69) is 33.1 Å². The maximum Gasteiger partial charge on any atom is 0.228 e. The number of imidazole rings is 1. The lowest BCUT2D eigenvalue weighted by atomic mass is 10.2. The van der Waals surface area contributed by atoms with E-state index in [1.807, 2.05) is 18.7 Å². The number of anilines is 1. The van der Waals surface area contributed by atoms with Crippen LogP contribution in [0, 0.1) is 0 Å². The molecule has 0 saturated heterocycles. The SMILES string of the molecule is C=C(C)CN(CC(=C)C)c1ncc2[nH]cnc2n1. The molecule has 0 unspecified atom stereocenters. The second-order valence-corrected chi connectivity index (χ2v) is 4.58. The largest absolute Gasteiger partial charge is 0.342 e. The number of nitrogens with zero attached hydrogens (tertiary/aromatic N) is 4. The van der Waals surface area contributed by atoms with Crippen LogP contribution in [-0.2, 0) is 0 Å². The summed E-state index contributed by atoms with van der Waals surface area (Å²) in [5.74, 6) is 0.653. The quantitative estimate of drug-likeness (QED) is 0.819. The fourth-order valence-electron chi connectivity index (χ4n) is 1.73. The maximum absolute atomic E-state index is 4.43. The molecule has 0 radical (unpaired) electrons. The molecule has 0 amide bonds. The fourth-order valence-corrected chi connectivity index (χ4v) is 1.73. The lowest BCUT2D eigenvalue weighted by molar-refractivity contribution is 0.850. The first-order valence-electron chi connectivity index (χ1n) is 5.76. The summed E-state index contributed by atoms with van der Waals surface area (Å²) in [6, 6.07) is 0. The predicted molar refractivity (Wildman–Crippen MR) is 73.5 cm³/mol. The molecule has 0 atom stereocenters. The molecule has 0 spiro atoms. The number of aromatic nitrogens is 4. The van der Waals surface area contributed by atoms with Gasteiger partial charge in [-0.15, -0.1) is 0 Å². The zero-order valence-corrected chi connectivity index (χ0v) is 10.8. The van der Waals surface area contributed by atoms with Crippen LogP contribution in [0.5, 0.6) is 0 Å². The van der Waals surface area contributed by atoms with Crippen molar-refractivity contribution in [3.8, 4) is 0 Å². The van der Waals surface area contributed by atoms with E-state index < -0.39 is 0 Å². The first kappa shape index (κ1) is 12.3. The van der Waals surface area contributed by atoms with Gasteiger partial charge in [-0.05, 0) is 13.8 Å². The van der Waals surface area contributed by atoms with Crippen LogP contribution in [0.3, 0.4) is 0 Å². The summed E-state index contributed by atoms with van der Waals surface area (Å²) in [7, 11) is 0. The Labute approximate surface area is 106 Å². The van der Waals surface area contributed by atoms with Crippen LogP contribution in [0.25, 0.3) is 11.2 Å². The normalized spacial score (nSPS) is 10.6. The zero-order valence-electron chi connectivity index (χ0n) is 10.8. The summed E-state index contributed by atoms with van der Waals surface area (Å²) >= 11 is 0. The van der Waals surface area contributed by atoms with Gasteiger partial charge in [0.15, 0.2) is 5.65 Å². The molecule has 0 aliphatic carbocycles. The molecule has 2 aromatic heterocycles. The maximum atomic E-state index is 4.43. The standard InChI is InChI=1S/C13H17N5/c1-9(2)6-18(7-10(3)4)13-14-5-11-12(17-13)16-8-15-11/h5,8H,1,3,6-7H2,2,4H3,(H,14,15,16,17). The van der Waals surface area contributed by atoms with Crippen molar-refractivity contribution in [2.45, 2.75) is 13.8 Å². The van der Waals surface area contributed by atoms with Crippen LogP contribution >= 0.6 is 0 Å². The minimum absolute atomic E-state index is 0.653. The fraction of sp³-hybridized carbons (Fsp3) is 0.308. The van der Waals surface area contributed by atoms with Crippen LogP contribution in [0.4, 0.5) is 5.95 Å². The first-order chi connectivity index (χ1) is 8.56. The van der Waals surface area contributed by atoms with Crippen LogP contribution in [-0.4, -0.2) is 33.0 Å². The highest BCUT2D eigenvalue weighted by molar-refractivity contribution is 5.69. The zero-order chi connectivity index (χ0) is 13.1. The monoisotopic (exact) mass is 243 g/mol. The molecule has 0 aliphatic heterocycles. The highest BCUT2D eigenvalue weighted by atomic mass is 15.3. The van der Waals surface area contributed by atoms with Gasteiger partial charge in [0, 0.05) is 13.1 Å². The lowest BCUT2D eigenvalue weighted by Gasteiger charge is -2.22. The summed E-state index contributed by atoms with van der Waals surface area (Å²) in [5, 5.41) is 0. The summed E-state index contributed by atoms with van der Waals surface area (Å²) in [4.78, 5) is 17.9. The summed E-state index contributed by atoms with van der Waals surface area (Å²) in [6.45, 7) is 13.3. The van der Waals surface area contributed by atoms with Gasteiger partial charge in [-0.2, -0.15) is 4.98 Å². The van der Waals surface area contributed by atoms with Crippen molar-refractivity contribution in [3.63, 3.8) is 0 Å². The van der Waals surface area contributed by atoms with Crippen molar-refractivity contribution in [3.05, 3.63) is 36.8 Å². The third-order valence-corrected chi connectivity index (χ3v) is 2.37. The van der Waals surface area contributed by atoms with E-state index in [1.54, 1.807) is 12.5 Å². The predicted octanol–water partition coefficient (Wildman–Crippen LogP) is 2.31. The smallest absolute Gasteiger partial charge is 0.228 e. The Morgan fingerprint density at radius 3 is 2.50 bits per heavy atom. The van der Waals surface area contributed by atoms with Gasteiger partial charge in [-0.3, -0.25) is 0 Å². The van der Waals surface area contributed by atoms with E-state index in [9.17, 15) is 0 Å². The van der Waals surface area contributed by atoms with Gasteiger partial charge < -0.3 is 9.88 Å². The van der Waals surface area contributed by atoms with Gasteiger partial charge in [0.2, 0.25) is 5.95 Å². The third kappa shape index (κ3) is 2.74. The first-order valence-corrected chi connectivity index (χ1v) is 5.76. The number of hydrogen-bond donors (Lipinski definition) is 1. The van der Waals surface area contributed by atoms with Crippen LogP contribution in [0.1, 0.15) is 13.8 Å². The Kier molecular flexibility index (Phi) is 3.41. The number of hydrogen-bond acceptors (Lipinski definition) is 4. The highest BCUT2D eigenvalue weighted by Crippen LogP contribution is 2.14. The molecular formula is C13H17N5. The molecular weight excluding hydrogens is 226 g/mol. The molecule has 94 valence electrons. The van der Waals surface area contributed by atoms with Crippen molar-refractivity contribution in [1.82, 2.24) is 19.9 Å². The average Bonchev–Trinajstić information content (AvgIpc) is 2.73. The van der Waals surface area contributed by atoms with Crippen molar-refractivity contribution in [2.75, 3.05) is 18.0 Å². The van der Waals surface area contributed by atoms with Crippen molar-refractivity contribution < 1.29 is 0 Å². The average molecular weight is 243 g/mol. The van der Waals surface area contributed by atoms with Gasteiger partial charge in [0.25, 0.3) is 0 Å². The van der Waals surface area contributed by atoms with Gasteiger partial charge in [0.1, 0.15) is 5.52 Å². The van der Waals surface area contributed by atoms with Gasteiger partial charge in [-0.25, -0.2) is 9.97 Å². The molecule has 0 fully saturated rings. The van der Waals surface area contributed by atoms with Gasteiger partial charge in [0.05, 0.1) is 12.5 Å². The Bertz CT molecular complexity index is 568. The Balaban J connectivity index is 2.32. The third-order valence-electron chi connectivity index (χ3n) is 2.37. The second kappa shape index (κ2) is 5.00. The Hall–Kier alpha value is -2.17. The molecule has 18 heavy (non-hydrogen) atoms. The molecule has 1 N–H and O–H groups in total. The minimum Gasteiger partial charge on any atom is -0.342 e. The molecule has 2 aromatic rings. The number of fused-ring (bicyclic) bond motifs is 1. The van der Waals surface area contributed by atoms with Crippen LogP contribution < -0.4 is 4.90 Å². The van der Waals surface area contributed by atoms with E-state index in [-0.39, 0.29) is 0 Å². The van der Waals surface area contributed by atoms with Crippen LogP contribution in [0.2, 0.25) is 0 Å². The van der Waals surface area contributed by atoms with Gasteiger partial charge in [-0.1, -0.05) is 24.3 Å².